The van der Waals surface area contributed by atoms with Gasteiger partial charge >= 0.3 is 5.97 Å². The fraction of sp³-hybridized carbons (Fsp3) is 0.632. The van der Waals surface area contributed by atoms with E-state index in [1.54, 1.807) is 12.1 Å². The van der Waals surface area contributed by atoms with Crippen LogP contribution in [0.1, 0.15) is 18.4 Å². The minimum Gasteiger partial charge on any atom is -0.480 e. The summed E-state index contributed by atoms with van der Waals surface area (Å²) in [5.41, 5.74) is 1.06. The van der Waals surface area contributed by atoms with E-state index in [0.717, 1.165) is 51.3 Å². The summed E-state index contributed by atoms with van der Waals surface area (Å²) in [6.07, 6.45) is 1.97. The highest BCUT2D eigenvalue weighted by molar-refractivity contribution is 5.73. The summed E-state index contributed by atoms with van der Waals surface area (Å²) >= 11 is 0. The first-order chi connectivity index (χ1) is 13.6. The number of benzene rings is 1. The molecule has 1 aromatic rings. The van der Waals surface area contributed by atoms with Gasteiger partial charge in [-0.25, -0.2) is 0 Å². The molecule has 4 N–H and O–H groups in total. The third kappa shape index (κ3) is 7.89. The van der Waals surface area contributed by atoms with Crippen LogP contribution in [0.25, 0.3) is 0 Å². The van der Waals surface area contributed by atoms with Crippen molar-refractivity contribution in [2.45, 2.75) is 25.3 Å². The molecule has 156 valence electrons. The summed E-state index contributed by atoms with van der Waals surface area (Å²) in [7, 11) is 0. The third-order valence-corrected chi connectivity index (χ3v) is 4.92. The Balaban J connectivity index is 1.88. The van der Waals surface area contributed by atoms with Gasteiger partial charge in [-0.1, -0.05) is 12.1 Å². The minimum absolute atomic E-state index is 0.0710. The number of carboxylic acids is 1. The van der Waals surface area contributed by atoms with E-state index in [1.807, 2.05) is 4.90 Å². The number of nitro groups is 1. The number of nitrogens with zero attached hydrogens (tertiary/aromatic N) is 2. The number of aryl methyl sites for hydroxylation is 1. The van der Waals surface area contributed by atoms with Crippen molar-refractivity contribution in [3.8, 4) is 0 Å². The predicted molar refractivity (Wildman–Crippen MR) is 108 cm³/mol. The maximum Gasteiger partial charge on any atom is 0.320 e. The quantitative estimate of drug-likeness (QED) is 0.389. The van der Waals surface area contributed by atoms with Crippen molar-refractivity contribution in [2.24, 2.45) is 0 Å². The van der Waals surface area contributed by atoms with Crippen LogP contribution >= 0.6 is 0 Å². The Morgan fingerprint density at radius 1 is 1.04 bits per heavy atom. The van der Waals surface area contributed by atoms with Crippen molar-refractivity contribution in [1.82, 2.24) is 20.9 Å². The number of carboxylic acid groups (broad SMARTS) is 1. The number of carbonyl (C=O) groups is 1. The van der Waals surface area contributed by atoms with E-state index >= 15 is 0 Å². The van der Waals surface area contributed by atoms with Crippen LogP contribution in [0.3, 0.4) is 0 Å². The Hall–Kier alpha value is -2.07. The second-order valence-corrected chi connectivity index (χ2v) is 6.96. The zero-order chi connectivity index (χ0) is 20.2. The van der Waals surface area contributed by atoms with Crippen molar-refractivity contribution >= 4 is 11.7 Å². The van der Waals surface area contributed by atoms with Crippen molar-refractivity contribution in [3.05, 3.63) is 39.9 Å². The Labute approximate surface area is 165 Å². The Morgan fingerprint density at radius 3 is 2.07 bits per heavy atom. The molecule has 0 radical (unpaired) electrons. The summed E-state index contributed by atoms with van der Waals surface area (Å²) in [4.78, 5) is 24.2. The highest BCUT2D eigenvalue weighted by Gasteiger charge is 2.24. The number of nitro benzene ring substituents is 1. The molecular weight excluding hydrogens is 362 g/mol. The van der Waals surface area contributed by atoms with Crippen LogP contribution in [0.4, 0.5) is 5.69 Å². The van der Waals surface area contributed by atoms with Gasteiger partial charge in [0.2, 0.25) is 0 Å². The minimum atomic E-state index is -0.794. The SMILES string of the molecule is O=C(O)C(CCCc1ccc([N+](=O)[O-])cc1)N1CCNCCNCCNCC1. The average molecular weight is 393 g/mol. The number of hydrogen-bond donors (Lipinski definition) is 4. The Morgan fingerprint density at radius 2 is 1.57 bits per heavy atom. The molecule has 1 atom stereocenters. The molecule has 9 heteroatoms. The summed E-state index contributed by atoms with van der Waals surface area (Å²) in [6.45, 7) is 6.43. The summed E-state index contributed by atoms with van der Waals surface area (Å²) in [5.74, 6) is -0.794. The second kappa shape index (κ2) is 12.4. The fourth-order valence-electron chi connectivity index (χ4n) is 3.34. The first kappa shape index (κ1) is 22.2. The van der Waals surface area contributed by atoms with Crippen LogP contribution in [0.2, 0.25) is 0 Å². The van der Waals surface area contributed by atoms with Gasteiger partial charge in [0.1, 0.15) is 6.04 Å². The first-order valence-corrected chi connectivity index (χ1v) is 9.90. The topological polar surface area (TPSA) is 120 Å². The number of non-ortho nitro benzene ring substituents is 1. The van der Waals surface area contributed by atoms with E-state index < -0.39 is 16.9 Å². The van der Waals surface area contributed by atoms with Gasteiger partial charge in [0, 0.05) is 64.5 Å². The fourth-order valence-corrected chi connectivity index (χ4v) is 3.34. The molecule has 1 aromatic carbocycles. The summed E-state index contributed by atoms with van der Waals surface area (Å²) < 4.78 is 0. The van der Waals surface area contributed by atoms with E-state index in [-0.39, 0.29) is 5.69 Å². The van der Waals surface area contributed by atoms with Gasteiger partial charge in [-0.05, 0) is 24.8 Å². The molecule has 1 aliphatic rings. The van der Waals surface area contributed by atoms with Crippen LogP contribution in [0.15, 0.2) is 24.3 Å². The molecular formula is C19H31N5O4. The van der Waals surface area contributed by atoms with Gasteiger partial charge in [-0.15, -0.1) is 0 Å². The molecule has 0 amide bonds. The van der Waals surface area contributed by atoms with Gasteiger partial charge in [0.15, 0.2) is 0 Å². The van der Waals surface area contributed by atoms with Crippen molar-refractivity contribution in [1.29, 1.82) is 0 Å². The lowest BCUT2D eigenvalue weighted by atomic mass is 10.0. The lowest BCUT2D eigenvalue weighted by Crippen LogP contribution is -2.48. The Kier molecular flexibility index (Phi) is 9.84. The van der Waals surface area contributed by atoms with Gasteiger partial charge in [-0.2, -0.15) is 0 Å². The molecule has 1 unspecified atom stereocenters. The molecule has 9 nitrogen and oxygen atoms in total. The number of aliphatic carboxylic acids is 1. The average Bonchev–Trinajstić information content (AvgIpc) is 2.66. The summed E-state index contributed by atoms with van der Waals surface area (Å²) in [6, 6.07) is 5.94. The molecule has 0 aliphatic carbocycles. The van der Waals surface area contributed by atoms with E-state index in [9.17, 15) is 20.0 Å². The number of rotatable bonds is 7. The van der Waals surface area contributed by atoms with Crippen LogP contribution < -0.4 is 16.0 Å². The number of nitrogens with one attached hydrogen (secondary N) is 3. The van der Waals surface area contributed by atoms with E-state index in [0.29, 0.717) is 25.9 Å². The monoisotopic (exact) mass is 393 g/mol. The lowest BCUT2D eigenvalue weighted by Gasteiger charge is -2.29. The molecule has 1 fully saturated rings. The Bertz CT molecular complexity index is 599. The molecule has 0 spiro atoms. The second-order valence-electron chi connectivity index (χ2n) is 6.96. The zero-order valence-corrected chi connectivity index (χ0v) is 16.2. The van der Waals surface area contributed by atoms with Gasteiger partial charge in [-0.3, -0.25) is 19.8 Å². The van der Waals surface area contributed by atoms with Crippen LogP contribution in [-0.4, -0.2) is 79.3 Å². The van der Waals surface area contributed by atoms with Crippen LogP contribution in [0.5, 0.6) is 0 Å². The first-order valence-electron chi connectivity index (χ1n) is 9.90. The molecule has 0 saturated carbocycles. The van der Waals surface area contributed by atoms with Crippen molar-refractivity contribution in [3.63, 3.8) is 0 Å². The molecule has 0 bridgehead atoms. The van der Waals surface area contributed by atoms with E-state index in [4.69, 9.17) is 0 Å². The van der Waals surface area contributed by atoms with Crippen LogP contribution in [-0.2, 0) is 11.2 Å². The van der Waals surface area contributed by atoms with Crippen molar-refractivity contribution < 1.29 is 14.8 Å². The standard InChI is InChI=1S/C19H31N5O4/c25-19(26)18(3-1-2-16-4-6-17(7-5-16)24(27)28)23-14-12-21-10-8-20-9-11-22-13-15-23/h4-7,18,20-22H,1-3,8-15H2,(H,25,26). The normalized spacial score (nSPS) is 18.6. The van der Waals surface area contributed by atoms with Crippen molar-refractivity contribution in [2.75, 3.05) is 52.4 Å². The molecule has 1 aliphatic heterocycles. The van der Waals surface area contributed by atoms with Crippen LogP contribution in [0, 0.1) is 10.1 Å². The number of hydrogen-bond acceptors (Lipinski definition) is 7. The van der Waals surface area contributed by atoms with E-state index in [2.05, 4.69) is 16.0 Å². The molecule has 2 rings (SSSR count). The molecule has 28 heavy (non-hydrogen) atoms. The smallest absolute Gasteiger partial charge is 0.320 e. The maximum atomic E-state index is 11.9. The molecule has 0 aromatic heterocycles. The summed E-state index contributed by atoms with van der Waals surface area (Å²) in [5, 5.41) is 30.5. The van der Waals surface area contributed by atoms with Gasteiger partial charge in [0.25, 0.3) is 5.69 Å². The van der Waals surface area contributed by atoms with Gasteiger partial charge < -0.3 is 21.1 Å². The third-order valence-electron chi connectivity index (χ3n) is 4.92. The van der Waals surface area contributed by atoms with E-state index in [1.165, 1.54) is 12.1 Å². The highest BCUT2D eigenvalue weighted by Crippen LogP contribution is 2.15. The molecule has 1 heterocycles. The molecule has 1 saturated heterocycles. The maximum absolute atomic E-state index is 11.9. The highest BCUT2D eigenvalue weighted by atomic mass is 16.6. The zero-order valence-electron chi connectivity index (χ0n) is 16.2. The lowest BCUT2D eigenvalue weighted by molar-refractivity contribution is -0.384. The largest absolute Gasteiger partial charge is 0.480 e. The predicted octanol–water partition coefficient (Wildman–Crippen LogP) is 0.455. The van der Waals surface area contributed by atoms with Gasteiger partial charge in [0.05, 0.1) is 4.92 Å².